The number of carbonyl (C=O) groups is 2. The first-order valence-electron chi connectivity index (χ1n) is 6.93. The molecule has 3 N–H and O–H groups in total. The van der Waals surface area contributed by atoms with Crippen LogP contribution in [-0.4, -0.2) is 48.9 Å². The normalized spacial score (nSPS) is 23.2. The molecule has 2 aliphatic heterocycles. The summed E-state index contributed by atoms with van der Waals surface area (Å²) in [5.41, 5.74) is 5.84. The Labute approximate surface area is 127 Å². The third-order valence-electron chi connectivity index (χ3n) is 3.49. The highest BCUT2D eigenvalue weighted by atomic mass is 16.7. The largest absolute Gasteiger partial charge is 0.454 e. The van der Waals surface area contributed by atoms with Crippen LogP contribution in [0.5, 0.6) is 11.5 Å². The van der Waals surface area contributed by atoms with Gasteiger partial charge in [-0.05, 0) is 19.1 Å². The Morgan fingerprint density at radius 1 is 1.27 bits per heavy atom. The van der Waals surface area contributed by atoms with E-state index in [4.69, 9.17) is 19.9 Å². The molecule has 3 amide bonds. The third-order valence-corrected chi connectivity index (χ3v) is 3.49. The number of morpholine rings is 1. The van der Waals surface area contributed by atoms with Gasteiger partial charge in [0.15, 0.2) is 17.6 Å². The predicted octanol–water partition coefficient (Wildman–Crippen LogP) is 0.522. The number of benzene rings is 1. The number of fused-ring (bicyclic) bond motifs is 1. The number of ether oxygens (including phenoxy) is 3. The van der Waals surface area contributed by atoms with Crippen LogP contribution in [0.4, 0.5) is 10.5 Å². The number of primary amides is 1. The summed E-state index contributed by atoms with van der Waals surface area (Å²) in [4.78, 5) is 25.1. The van der Waals surface area contributed by atoms with Crippen molar-refractivity contribution in [3.63, 3.8) is 0 Å². The fourth-order valence-corrected chi connectivity index (χ4v) is 2.45. The Balaban J connectivity index is 1.67. The summed E-state index contributed by atoms with van der Waals surface area (Å²) in [6, 6.07) is 4.82. The minimum atomic E-state index is -0.786. The topological polar surface area (TPSA) is 103 Å². The van der Waals surface area contributed by atoms with Gasteiger partial charge in [0.05, 0.1) is 12.6 Å². The van der Waals surface area contributed by atoms with Gasteiger partial charge in [-0.1, -0.05) is 0 Å². The number of carbonyl (C=O) groups excluding carboxylic acids is 2. The molecule has 2 atom stereocenters. The van der Waals surface area contributed by atoms with E-state index in [0.29, 0.717) is 23.7 Å². The number of hydrogen-bond donors (Lipinski definition) is 2. The monoisotopic (exact) mass is 307 g/mol. The van der Waals surface area contributed by atoms with Gasteiger partial charge in [0.25, 0.3) is 0 Å². The third kappa shape index (κ3) is 2.91. The van der Waals surface area contributed by atoms with Crippen LogP contribution in [0.3, 0.4) is 0 Å². The molecule has 1 aromatic carbocycles. The lowest BCUT2D eigenvalue weighted by atomic mass is 10.2. The van der Waals surface area contributed by atoms with E-state index in [1.807, 2.05) is 0 Å². The Bertz CT molecular complexity index is 606. The first-order chi connectivity index (χ1) is 10.5. The van der Waals surface area contributed by atoms with Gasteiger partial charge in [0.1, 0.15) is 0 Å². The van der Waals surface area contributed by atoms with Gasteiger partial charge < -0.3 is 30.2 Å². The summed E-state index contributed by atoms with van der Waals surface area (Å²) in [5, 5.41) is 2.77. The van der Waals surface area contributed by atoms with Crippen LogP contribution in [0.15, 0.2) is 18.2 Å². The van der Waals surface area contributed by atoms with Crippen molar-refractivity contribution in [1.82, 2.24) is 4.90 Å². The quantitative estimate of drug-likeness (QED) is 0.829. The number of nitrogens with two attached hydrogens (primary N) is 1. The van der Waals surface area contributed by atoms with Crippen molar-refractivity contribution in [2.75, 3.05) is 25.2 Å². The number of amides is 3. The van der Waals surface area contributed by atoms with E-state index in [-0.39, 0.29) is 25.5 Å². The number of rotatable bonds is 2. The molecule has 118 valence electrons. The fourth-order valence-electron chi connectivity index (χ4n) is 2.45. The number of anilines is 1. The van der Waals surface area contributed by atoms with Crippen molar-refractivity contribution in [2.45, 2.75) is 19.1 Å². The Morgan fingerprint density at radius 3 is 2.82 bits per heavy atom. The van der Waals surface area contributed by atoms with E-state index in [1.165, 1.54) is 4.90 Å². The molecule has 0 unspecified atom stereocenters. The van der Waals surface area contributed by atoms with Crippen LogP contribution in [0.1, 0.15) is 6.92 Å². The zero-order chi connectivity index (χ0) is 15.7. The minimum absolute atomic E-state index is 0.135. The van der Waals surface area contributed by atoms with E-state index in [9.17, 15) is 9.59 Å². The van der Waals surface area contributed by atoms with Crippen molar-refractivity contribution in [1.29, 1.82) is 0 Å². The van der Waals surface area contributed by atoms with Crippen LogP contribution < -0.4 is 20.5 Å². The molecular formula is C14H17N3O5. The second-order valence-corrected chi connectivity index (χ2v) is 5.24. The molecule has 0 aliphatic carbocycles. The molecule has 0 bridgehead atoms. The van der Waals surface area contributed by atoms with Crippen LogP contribution in [0.25, 0.3) is 0 Å². The molecule has 0 radical (unpaired) electrons. The molecule has 8 heteroatoms. The van der Waals surface area contributed by atoms with Crippen molar-refractivity contribution in [2.24, 2.45) is 5.73 Å². The fraction of sp³-hybridized carbons (Fsp3) is 0.429. The lowest BCUT2D eigenvalue weighted by Crippen LogP contribution is -2.54. The highest BCUT2D eigenvalue weighted by Gasteiger charge is 2.31. The van der Waals surface area contributed by atoms with Crippen molar-refractivity contribution >= 4 is 17.6 Å². The Hall–Kier alpha value is -2.48. The van der Waals surface area contributed by atoms with E-state index in [2.05, 4.69) is 5.32 Å². The molecule has 0 spiro atoms. The summed E-state index contributed by atoms with van der Waals surface area (Å²) in [6.45, 7) is 2.49. The van der Waals surface area contributed by atoms with Gasteiger partial charge in [-0.2, -0.15) is 0 Å². The zero-order valence-electron chi connectivity index (χ0n) is 12.1. The molecule has 2 aliphatic rings. The maximum Gasteiger partial charge on any atom is 0.322 e. The smallest absolute Gasteiger partial charge is 0.322 e. The van der Waals surface area contributed by atoms with Crippen molar-refractivity contribution < 1.29 is 23.8 Å². The molecule has 3 rings (SSSR count). The van der Waals surface area contributed by atoms with E-state index in [1.54, 1.807) is 25.1 Å². The molecule has 1 aromatic rings. The number of hydrogen-bond acceptors (Lipinski definition) is 5. The second kappa shape index (κ2) is 5.72. The number of nitrogens with one attached hydrogen (secondary N) is 1. The van der Waals surface area contributed by atoms with Gasteiger partial charge in [-0.3, -0.25) is 4.79 Å². The standard InChI is InChI=1S/C14H17N3O5/c1-8-5-17(6-12(22-8)13(15)18)14(19)16-9-2-3-10-11(4-9)21-7-20-10/h2-4,8,12H,5-7H2,1H3,(H2,15,18)(H,16,19)/t8-,12-/m1/s1. The van der Waals surface area contributed by atoms with Gasteiger partial charge >= 0.3 is 6.03 Å². The lowest BCUT2D eigenvalue weighted by Gasteiger charge is -2.35. The molecule has 0 saturated carbocycles. The number of nitrogens with zero attached hydrogens (tertiary/aromatic N) is 1. The molecule has 8 nitrogen and oxygen atoms in total. The summed E-state index contributed by atoms with van der Waals surface area (Å²) in [5.74, 6) is 0.655. The maximum atomic E-state index is 12.3. The van der Waals surface area contributed by atoms with Crippen LogP contribution in [0, 0.1) is 0 Å². The van der Waals surface area contributed by atoms with Crippen LogP contribution in [-0.2, 0) is 9.53 Å². The molecular weight excluding hydrogens is 290 g/mol. The highest BCUT2D eigenvalue weighted by molar-refractivity contribution is 5.90. The van der Waals surface area contributed by atoms with Crippen LogP contribution in [0.2, 0.25) is 0 Å². The van der Waals surface area contributed by atoms with E-state index < -0.39 is 12.0 Å². The summed E-state index contributed by atoms with van der Waals surface area (Å²) < 4.78 is 15.9. The summed E-state index contributed by atoms with van der Waals surface area (Å²) >= 11 is 0. The van der Waals surface area contributed by atoms with E-state index >= 15 is 0 Å². The SMILES string of the molecule is C[C@@H]1CN(C(=O)Nc2ccc3c(c2)OCO3)C[C@H](C(N)=O)O1. The minimum Gasteiger partial charge on any atom is -0.454 e. The van der Waals surface area contributed by atoms with Gasteiger partial charge in [0, 0.05) is 18.3 Å². The Morgan fingerprint density at radius 2 is 2.05 bits per heavy atom. The Kier molecular flexibility index (Phi) is 3.76. The zero-order valence-corrected chi connectivity index (χ0v) is 12.1. The van der Waals surface area contributed by atoms with Crippen LogP contribution >= 0.6 is 0 Å². The molecule has 22 heavy (non-hydrogen) atoms. The average molecular weight is 307 g/mol. The predicted molar refractivity (Wildman–Crippen MR) is 76.7 cm³/mol. The molecule has 1 fully saturated rings. The summed E-state index contributed by atoms with van der Waals surface area (Å²) in [7, 11) is 0. The van der Waals surface area contributed by atoms with Gasteiger partial charge in [-0.15, -0.1) is 0 Å². The first-order valence-corrected chi connectivity index (χ1v) is 6.93. The average Bonchev–Trinajstić information content (AvgIpc) is 2.94. The van der Waals surface area contributed by atoms with Gasteiger partial charge in [0.2, 0.25) is 12.7 Å². The summed E-state index contributed by atoms with van der Waals surface area (Å²) in [6.07, 6.45) is -1.04. The molecule has 1 saturated heterocycles. The second-order valence-electron chi connectivity index (χ2n) is 5.24. The highest BCUT2D eigenvalue weighted by Crippen LogP contribution is 2.34. The van der Waals surface area contributed by atoms with E-state index in [0.717, 1.165) is 0 Å². The van der Waals surface area contributed by atoms with Gasteiger partial charge in [-0.25, -0.2) is 4.79 Å². The molecule has 0 aromatic heterocycles. The first kappa shape index (κ1) is 14.5. The van der Waals surface area contributed by atoms with Crippen molar-refractivity contribution in [3.8, 4) is 11.5 Å². The number of urea groups is 1. The lowest BCUT2D eigenvalue weighted by molar-refractivity contribution is -0.139. The molecule has 2 heterocycles. The van der Waals surface area contributed by atoms with Crippen molar-refractivity contribution in [3.05, 3.63) is 18.2 Å². The maximum absolute atomic E-state index is 12.3.